The number of nitrogens with one attached hydrogen (secondary N) is 1. The van der Waals surface area contributed by atoms with Crippen molar-refractivity contribution in [1.82, 2.24) is 5.32 Å². The molecule has 1 saturated carbocycles. The van der Waals surface area contributed by atoms with Crippen molar-refractivity contribution in [2.24, 2.45) is 11.8 Å². The second kappa shape index (κ2) is 9.83. The van der Waals surface area contributed by atoms with E-state index in [1.165, 1.54) is 64.2 Å². The van der Waals surface area contributed by atoms with Gasteiger partial charge in [0.05, 0.1) is 0 Å². The van der Waals surface area contributed by atoms with E-state index in [1.54, 1.807) is 0 Å². The zero-order chi connectivity index (χ0) is 13.2. The van der Waals surface area contributed by atoms with E-state index >= 15 is 0 Å². The molecule has 1 aliphatic carbocycles. The van der Waals surface area contributed by atoms with E-state index in [-0.39, 0.29) is 0 Å². The number of hydrogen-bond donors (Lipinski definition) is 1. The van der Waals surface area contributed by atoms with Crippen LogP contribution in [0.25, 0.3) is 0 Å². The van der Waals surface area contributed by atoms with Crippen LogP contribution in [0.3, 0.4) is 0 Å². The van der Waals surface area contributed by atoms with E-state index in [4.69, 9.17) is 0 Å². The Kier molecular flexibility index (Phi) is 8.75. The second-order valence-electron chi connectivity index (χ2n) is 6.24. The molecule has 1 atom stereocenters. The molecule has 0 aromatic carbocycles. The van der Waals surface area contributed by atoms with Crippen LogP contribution in [-0.4, -0.2) is 12.6 Å². The van der Waals surface area contributed by atoms with Gasteiger partial charge < -0.3 is 5.32 Å². The Labute approximate surface area is 115 Å². The standard InChI is InChI=1S/C17H35N/c1-4-10-16(11-5-2)17(18-6-3)14-15-12-8-7-9-13-15/h15-18H,4-14H2,1-3H3. The van der Waals surface area contributed by atoms with Crippen molar-refractivity contribution >= 4 is 0 Å². The van der Waals surface area contributed by atoms with Crippen LogP contribution < -0.4 is 5.32 Å². The van der Waals surface area contributed by atoms with Gasteiger partial charge in [-0.05, 0) is 37.6 Å². The third-order valence-electron chi connectivity index (χ3n) is 4.67. The van der Waals surface area contributed by atoms with Gasteiger partial charge >= 0.3 is 0 Å². The molecule has 0 aromatic heterocycles. The third-order valence-corrected chi connectivity index (χ3v) is 4.67. The highest BCUT2D eigenvalue weighted by molar-refractivity contribution is 4.80. The lowest BCUT2D eigenvalue weighted by molar-refractivity contribution is 0.234. The van der Waals surface area contributed by atoms with Crippen molar-refractivity contribution in [3.63, 3.8) is 0 Å². The van der Waals surface area contributed by atoms with E-state index in [0.717, 1.165) is 24.4 Å². The van der Waals surface area contributed by atoms with Gasteiger partial charge in [0.1, 0.15) is 0 Å². The first-order valence-corrected chi connectivity index (χ1v) is 8.55. The summed E-state index contributed by atoms with van der Waals surface area (Å²) in [4.78, 5) is 0. The number of rotatable bonds is 9. The molecule has 0 bridgehead atoms. The van der Waals surface area contributed by atoms with Gasteiger partial charge in [0, 0.05) is 6.04 Å². The molecule has 108 valence electrons. The van der Waals surface area contributed by atoms with Gasteiger partial charge in [0.15, 0.2) is 0 Å². The van der Waals surface area contributed by atoms with Gasteiger partial charge in [-0.1, -0.05) is 65.7 Å². The highest BCUT2D eigenvalue weighted by Crippen LogP contribution is 2.31. The van der Waals surface area contributed by atoms with Gasteiger partial charge in [0.2, 0.25) is 0 Å². The predicted molar refractivity (Wildman–Crippen MR) is 82.0 cm³/mol. The van der Waals surface area contributed by atoms with Gasteiger partial charge in [-0.3, -0.25) is 0 Å². The normalized spacial score (nSPS) is 19.3. The molecule has 1 N–H and O–H groups in total. The predicted octanol–water partition coefficient (Wildman–Crippen LogP) is 5.15. The van der Waals surface area contributed by atoms with Crippen molar-refractivity contribution in [3.8, 4) is 0 Å². The summed E-state index contributed by atoms with van der Waals surface area (Å²) in [5.74, 6) is 1.93. The molecule has 1 heteroatoms. The van der Waals surface area contributed by atoms with E-state index in [1.807, 2.05) is 0 Å². The topological polar surface area (TPSA) is 12.0 Å². The molecule has 1 fully saturated rings. The fraction of sp³-hybridized carbons (Fsp3) is 1.00. The summed E-state index contributed by atoms with van der Waals surface area (Å²) in [5.41, 5.74) is 0. The maximum absolute atomic E-state index is 3.80. The Morgan fingerprint density at radius 3 is 2.06 bits per heavy atom. The Hall–Kier alpha value is -0.0400. The lowest BCUT2D eigenvalue weighted by Gasteiger charge is -2.32. The first-order valence-electron chi connectivity index (χ1n) is 8.55. The van der Waals surface area contributed by atoms with Crippen molar-refractivity contribution in [3.05, 3.63) is 0 Å². The first-order chi connectivity index (χ1) is 8.81. The monoisotopic (exact) mass is 253 g/mol. The molecular formula is C17H35N. The summed E-state index contributed by atoms with van der Waals surface area (Å²) in [5, 5.41) is 3.80. The summed E-state index contributed by atoms with van der Waals surface area (Å²) in [6, 6.07) is 0.790. The van der Waals surface area contributed by atoms with Crippen LogP contribution in [0.4, 0.5) is 0 Å². The molecule has 1 rings (SSSR count). The van der Waals surface area contributed by atoms with E-state index in [9.17, 15) is 0 Å². The minimum Gasteiger partial charge on any atom is -0.314 e. The van der Waals surface area contributed by atoms with Crippen LogP contribution in [0.15, 0.2) is 0 Å². The summed E-state index contributed by atoms with van der Waals surface area (Å²) in [6.45, 7) is 8.09. The Bertz CT molecular complexity index is 178. The molecule has 0 spiro atoms. The summed E-state index contributed by atoms with van der Waals surface area (Å²) < 4.78 is 0. The molecule has 0 saturated heterocycles. The lowest BCUT2D eigenvalue weighted by atomic mass is 9.79. The van der Waals surface area contributed by atoms with Crippen molar-refractivity contribution < 1.29 is 0 Å². The maximum Gasteiger partial charge on any atom is 0.00978 e. The third kappa shape index (κ3) is 5.73. The van der Waals surface area contributed by atoms with Gasteiger partial charge in [-0.2, -0.15) is 0 Å². The van der Waals surface area contributed by atoms with Crippen LogP contribution in [0.5, 0.6) is 0 Å². The minimum atomic E-state index is 0.790. The first kappa shape index (κ1) is 16.0. The van der Waals surface area contributed by atoms with Crippen LogP contribution >= 0.6 is 0 Å². The molecule has 18 heavy (non-hydrogen) atoms. The summed E-state index contributed by atoms with van der Waals surface area (Å²) in [7, 11) is 0. The van der Waals surface area contributed by atoms with Crippen molar-refractivity contribution in [1.29, 1.82) is 0 Å². The zero-order valence-corrected chi connectivity index (χ0v) is 13.0. The zero-order valence-electron chi connectivity index (χ0n) is 13.0. The van der Waals surface area contributed by atoms with E-state index < -0.39 is 0 Å². The molecule has 0 aliphatic heterocycles. The van der Waals surface area contributed by atoms with Gasteiger partial charge in [0.25, 0.3) is 0 Å². The molecule has 0 radical (unpaired) electrons. The molecule has 1 unspecified atom stereocenters. The Morgan fingerprint density at radius 2 is 1.56 bits per heavy atom. The average molecular weight is 253 g/mol. The van der Waals surface area contributed by atoms with Crippen LogP contribution in [0, 0.1) is 11.8 Å². The largest absolute Gasteiger partial charge is 0.314 e. The Morgan fingerprint density at radius 1 is 0.944 bits per heavy atom. The van der Waals surface area contributed by atoms with Gasteiger partial charge in [-0.25, -0.2) is 0 Å². The number of hydrogen-bond acceptors (Lipinski definition) is 1. The smallest absolute Gasteiger partial charge is 0.00978 e. The highest BCUT2D eigenvalue weighted by Gasteiger charge is 2.24. The van der Waals surface area contributed by atoms with Gasteiger partial charge in [-0.15, -0.1) is 0 Å². The average Bonchev–Trinajstić information content (AvgIpc) is 2.39. The molecule has 0 heterocycles. The van der Waals surface area contributed by atoms with Crippen LogP contribution in [-0.2, 0) is 0 Å². The van der Waals surface area contributed by atoms with Crippen molar-refractivity contribution in [2.75, 3.05) is 6.54 Å². The highest BCUT2D eigenvalue weighted by atomic mass is 14.9. The van der Waals surface area contributed by atoms with Crippen molar-refractivity contribution in [2.45, 2.75) is 91.0 Å². The lowest BCUT2D eigenvalue weighted by Crippen LogP contribution is -2.38. The molecule has 0 amide bonds. The molecular weight excluding hydrogens is 218 g/mol. The summed E-state index contributed by atoms with van der Waals surface area (Å²) >= 11 is 0. The van der Waals surface area contributed by atoms with Crippen LogP contribution in [0.2, 0.25) is 0 Å². The summed E-state index contributed by atoms with van der Waals surface area (Å²) in [6.07, 6.45) is 14.4. The van der Waals surface area contributed by atoms with Crippen LogP contribution in [0.1, 0.15) is 85.0 Å². The van der Waals surface area contributed by atoms with E-state index in [2.05, 4.69) is 26.1 Å². The fourth-order valence-electron chi connectivity index (χ4n) is 3.77. The molecule has 0 aromatic rings. The van der Waals surface area contributed by atoms with E-state index in [0.29, 0.717) is 0 Å². The minimum absolute atomic E-state index is 0.790. The SMILES string of the molecule is CCCC(CCC)C(CC1CCCCC1)NCC. The quantitative estimate of drug-likeness (QED) is 0.599. The Balaban J connectivity index is 2.48. The second-order valence-corrected chi connectivity index (χ2v) is 6.24. The molecule has 1 nitrogen and oxygen atoms in total. The maximum atomic E-state index is 3.80. The fourth-order valence-corrected chi connectivity index (χ4v) is 3.77. The molecule has 1 aliphatic rings.